The summed E-state index contributed by atoms with van der Waals surface area (Å²) in [6.45, 7) is 4.35. The van der Waals surface area contributed by atoms with Gasteiger partial charge < -0.3 is 15.1 Å². The Hall–Kier alpha value is -1.63. The van der Waals surface area contributed by atoms with Gasteiger partial charge in [0.2, 0.25) is 17.7 Å². The number of piperazine rings is 1. The lowest BCUT2D eigenvalue weighted by atomic mass is 10.3. The van der Waals surface area contributed by atoms with E-state index in [0.29, 0.717) is 32.2 Å². The minimum absolute atomic E-state index is 0.0138. The number of nitrogens with zero attached hydrogens (tertiary/aromatic N) is 3. The number of rotatable bonds is 5. The molecule has 0 aromatic carbocycles. The summed E-state index contributed by atoms with van der Waals surface area (Å²) in [7, 11) is 1.77. The lowest BCUT2D eigenvalue weighted by Crippen LogP contribution is -2.52. The third kappa shape index (κ3) is 5.00. The van der Waals surface area contributed by atoms with Gasteiger partial charge in [-0.2, -0.15) is 0 Å². The lowest BCUT2D eigenvalue weighted by Gasteiger charge is -2.35. The number of likely N-dealkylation sites (N-methyl/N-ethyl adjacent to an activating group) is 1. The fourth-order valence-corrected chi connectivity index (χ4v) is 2.40. The molecule has 7 heteroatoms. The molecule has 0 unspecified atom stereocenters. The van der Waals surface area contributed by atoms with E-state index in [1.807, 2.05) is 0 Å². The molecule has 1 saturated heterocycles. The fraction of sp³-hybridized carbons (Fsp3) is 0.786. The summed E-state index contributed by atoms with van der Waals surface area (Å²) >= 11 is 0. The molecule has 0 spiro atoms. The Labute approximate surface area is 125 Å². The maximum atomic E-state index is 12.2. The number of carbonyl (C=O) groups is 3. The Morgan fingerprint density at radius 1 is 1.05 bits per heavy atom. The van der Waals surface area contributed by atoms with Crippen LogP contribution in [0, 0.1) is 0 Å². The van der Waals surface area contributed by atoms with Gasteiger partial charge in [-0.1, -0.05) is 0 Å². The highest BCUT2D eigenvalue weighted by Crippen LogP contribution is 2.18. The summed E-state index contributed by atoms with van der Waals surface area (Å²) in [5.41, 5.74) is 0. The Balaban J connectivity index is 1.68. The van der Waals surface area contributed by atoms with Gasteiger partial charge in [0, 0.05) is 39.1 Å². The van der Waals surface area contributed by atoms with Crippen molar-refractivity contribution in [2.45, 2.75) is 25.8 Å². The molecule has 7 nitrogen and oxygen atoms in total. The molecule has 2 rings (SSSR count). The standard InChI is InChI=1S/C14H24N4O3/c1-11(19)17-5-7-18(8-6-17)14(21)10-16(2)9-13(20)15-12-3-4-12/h12H,3-10H2,1-2H3,(H,15,20). The first-order chi connectivity index (χ1) is 9.95. The van der Waals surface area contributed by atoms with Gasteiger partial charge in [-0.3, -0.25) is 19.3 Å². The minimum atomic E-state index is -0.0193. The van der Waals surface area contributed by atoms with E-state index in [1.165, 1.54) is 0 Å². The van der Waals surface area contributed by atoms with Crippen molar-refractivity contribution in [1.82, 2.24) is 20.0 Å². The van der Waals surface area contributed by atoms with Gasteiger partial charge in [0.15, 0.2) is 0 Å². The van der Waals surface area contributed by atoms with Crippen LogP contribution in [0.1, 0.15) is 19.8 Å². The van der Waals surface area contributed by atoms with Crippen molar-refractivity contribution in [3.8, 4) is 0 Å². The van der Waals surface area contributed by atoms with Crippen LogP contribution in [0.5, 0.6) is 0 Å². The Morgan fingerprint density at radius 2 is 1.62 bits per heavy atom. The predicted molar refractivity (Wildman–Crippen MR) is 77.5 cm³/mol. The average Bonchev–Trinajstić information content (AvgIpc) is 3.22. The van der Waals surface area contributed by atoms with E-state index in [1.54, 1.807) is 28.7 Å². The molecule has 1 aliphatic heterocycles. The summed E-state index contributed by atoms with van der Waals surface area (Å²) in [6.07, 6.45) is 2.13. The van der Waals surface area contributed by atoms with Crippen molar-refractivity contribution in [3.63, 3.8) is 0 Å². The Morgan fingerprint density at radius 3 is 2.14 bits per heavy atom. The fourth-order valence-electron chi connectivity index (χ4n) is 2.40. The van der Waals surface area contributed by atoms with Crippen LogP contribution in [0.25, 0.3) is 0 Å². The summed E-state index contributed by atoms with van der Waals surface area (Å²) in [5.74, 6) is 0.0464. The first kappa shape index (κ1) is 15.8. The second kappa shape index (κ2) is 6.89. The Kier molecular flexibility index (Phi) is 5.17. The van der Waals surface area contributed by atoms with Crippen LogP contribution >= 0.6 is 0 Å². The minimum Gasteiger partial charge on any atom is -0.352 e. The smallest absolute Gasteiger partial charge is 0.236 e. The quantitative estimate of drug-likeness (QED) is 0.698. The van der Waals surface area contributed by atoms with Crippen molar-refractivity contribution in [2.24, 2.45) is 0 Å². The van der Waals surface area contributed by atoms with E-state index in [9.17, 15) is 14.4 Å². The molecule has 1 heterocycles. The molecule has 2 aliphatic rings. The topological polar surface area (TPSA) is 73.0 Å². The molecule has 0 atom stereocenters. The molecular formula is C14H24N4O3. The zero-order valence-electron chi connectivity index (χ0n) is 12.8. The van der Waals surface area contributed by atoms with Crippen LogP contribution in [0.2, 0.25) is 0 Å². The molecule has 2 fully saturated rings. The normalized spacial score (nSPS) is 18.8. The van der Waals surface area contributed by atoms with Gasteiger partial charge in [-0.25, -0.2) is 0 Å². The second-order valence-electron chi connectivity index (χ2n) is 5.90. The van der Waals surface area contributed by atoms with Gasteiger partial charge in [0.1, 0.15) is 0 Å². The van der Waals surface area contributed by atoms with Crippen LogP contribution in [0.3, 0.4) is 0 Å². The molecule has 1 aliphatic carbocycles. The van der Waals surface area contributed by atoms with E-state index in [-0.39, 0.29) is 30.8 Å². The van der Waals surface area contributed by atoms with Crippen LogP contribution < -0.4 is 5.32 Å². The molecule has 118 valence electrons. The SMILES string of the molecule is CC(=O)N1CCN(C(=O)CN(C)CC(=O)NC2CC2)CC1. The first-order valence-electron chi connectivity index (χ1n) is 7.47. The average molecular weight is 296 g/mol. The molecule has 0 radical (unpaired) electrons. The van der Waals surface area contributed by atoms with Gasteiger partial charge in [0.05, 0.1) is 13.1 Å². The second-order valence-corrected chi connectivity index (χ2v) is 5.90. The summed E-state index contributed by atoms with van der Waals surface area (Å²) < 4.78 is 0. The highest BCUT2D eigenvalue weighted by Gasteiger charge is 2.25. The molecule has 0 aromatic heterocycles. The molecule has 21 heavy (non-hydrogen) atoms. The summed E-state index contributed by atoms with van der Waals surface area (Å²) in [4.78, 5) is 40.3. The molecular weight excluding hydrogens is 272 g/mol. The number of nitrogens with one attached hydrogen (secondary N) is 1. The highest BCUT2D eigenvalue weighted by molar-refractivity contribution is 5.81. The van der Waals surface area contributed by atoms with Gasteiger partial charge in [-0.05, 0) is 19.9 Å². The lowest BCUT2D eigenvalue weighted by molar-refractivity contribution is -0.139. The maximum absolute atomic E-state index is 12.2. The molecule has 1 saturated carbocycles. The van der Waals surface area contributed by atoms with E-state index in [4.69, 9.17) is 0 Å². The number of amides is 3. The van der Waals surface area contributed by atoms with Crippen molar-refractivity contribution in [2.75, 3.05) is 46.3 Å². The van der Waals surface area contributed by atoms with Gasteiger partial charge in [0.25, 0.3) is 0 Å². The van der Waals surface area contributed by atoms with Crippen molar-refractivity contribution < 1.29 is 14.4 Å². The van der Waals surface area contributed by atoms with Crippen LogP contribution in [0.4, 0.5) is 0 Å². The zero-order valence-corrected chi connectivity index (χ0v) is 12.8. The molecule has 0 bridgehead atoms. The van der Waals surface area contributed by atoms with Gasteiger partial charge >= 0.3 is 0 Å². The first-order valence-corrected chi connectivity index (χ1v) is 7.47. The Bertz CT molecular complexity index is 414. The van der Waals surface area contributed by atoms with E-state index in [2.05, 4.69) is 5.32 Å². The molecule has 1 N–H and O–H groups in total. The highest BCUT2D eigenvalue weighted by atomic mass is 16.2. The summed E-state index contributed by atoms with van der Waals surface area (Å²) in [5, 5.41) is 2.91. The van der Waals surface area contributed by atoms with Crippen molar-refractivity contribution in [3.05, 3.63) is 0 Å². The van der Waals surface area contributed by atoms with Gasteiger partial charge in [-0.15, -0.1) is 0 Å². The predicted octanol–water partition coefficient (Wildman–Crippen LogP) is -1.11. The van der Waals surface area contributed by atoms with Crippen LogP contribution in [0.15, 0.2) is 0 Å². The van der Waals surface area contributed by atoms with E-state index in [0.717, 1.165) is 12.8 Å². The third-order valence-corrected chi connectivity index (χ3v) is 3.84. The maximum Gasteiger partial charge on any atom is 0.236 e. The van der Waals surface area contributed by atoms with Crippen molar-refractivity contribution >= 4 is 17.7 Å². The molecule has 0 aromatic rings. The zero-order chi connectivity index (χ0) is 15.4. The largest absolute Gasteiger partial charge is 0.352 e. The number of carbonyl (C=O) groups excluding carboxylic acids is 3. The van der Waals surface area contributed by atoms with Crippen molar-refractivity contribution in [1.29, 1.82) is 0 Å². The third-order valence-electron chi connectivity index (χ3n) is 3.84. The monoisotopic (exact) mass is 296 g/mol. The van der Waals surface area contributed by atoms with Crippen LogP contribution in [-0.4, -0.2) is 84.8 Å². The summed E-state index contributed by atoms with van der Waals surface area (Å²) in [6, 6.07) is 0.348. The van der Waals surface area contributed by atoms with Crippen LogP contribution in [-0.2, 0) is 14.4 Å². The molecule has 3 amide bonds. The number of hydrogen-bond acceptors (Lipinski definition) is 4. The number of hydrogen-bond donors (Lipinski definition) is 1. The van der Waals surface area contributed by atoms with E-state index < -0.39 is 0 Å². The van der Waals surface area contributed by atoms with E-state index >= 15 is 0 Å².